The predicted molar refractivity (Wildman–Crippen MR) is 125 cm³/mol. The van der Waals surface area contributed by atoms with Crippen molar-refractivity contribution in [1.82, 2.24) is 4.90 Å². The first-order valence-corrected chi connectivity index (χ1v) is 10.7. The molecule has 7 nitrogen and oxygen atoms in total. The number of likely N-dealkylation sites (N-methyl/N-ethyl adjacent to an activating group) is 1. The lowest BCUT2D eigenvalue weighted by Gasteiger charge is -2.23. The van der Waals surface area contributed by atoms with Crippen LogP contribution in [0.5, 0.6) is 11.5 Å². The van der Waals surface area contributed by atoms with E-state index in [9.17, 15) is 9.59 Å². The van der Waals surface area contributed by atoms with Crippen LogP contribution in [0, 0.1) is 0 Å². The summed E-state index contributed by atoms with van der Waals surface area (Å²) in [6, 6.07) is 9.43. The summed E-state index contributed by atoms with van der Waals surface area (Å²) in [4.78, 5) is 26.7. The highest BCUT2D eigenvalue weighted by molar-refractivity contribution is 6.35. The van der Waals surface area contributed by atoms with Gasteiger partial charge in [0.05, 0.1) is 36.5 Å². The zero-order chi connectivity index (χ0) is 23.0. The molecule has 0 saturated heterocycles. The Morgan fingerprint density at radius 2 is 1.68 bits per heavy atom. The van der Waals surface area contributed by atoms with Crippen LogP contribution in [0.15, 0.2) is 36.4 Å². The van der Waals surface area contributed by atoms with Gasteiger partial charge in [-0.3, -0.25) is 14.5 Å². The maximum absolute atomic E-state index is 12.6. The summed E-state index contributed by atoms with van der Waals surface area (Å²) in [5, 5.41) is 6.39. The molecule has 2 aromatic carbocycles. The van der Waals surface area contributed by atoms with Gasteiger partial charge >= 0.3 is 0 Å². The average Bonchev–Trinajstić information content (AvgIpc) is 2.72. The Balaban J connectivity index is 1.97. The number of benzene rings is 2. The molecule has 0 bridgehead atoms. The molecule has 0 aliphatic rings. The van der Waals surface area contributed by atoms with Gasteiger partial charge in [-0.2, -0.15) is 0 Å². The van der Waals surface area contributed by atoms with E-state index < -0.39 is 6.04 Å². The van der Waals surface area contributed by atoms with Crippen LogP contribution in [-0.2, 0) is 9.59 Å². The van der Waals surface area contributed by atoms with E-state index in [1.807, 2.05) is 13.8 Å². The van der Waals surface area contributed by atoms with E-state index in [1.54, 1.807) is 55.3 Å². The molecule has 1 atom stereocenters. The summed E-state index contributed by atoms with van der Waals surface area (Å²) in [6.07, 6.45) is 0. The van der Waals surface area contributed by atoms with Crippen molar-refractivity contribution in [2.24, 2.45) is 0 Å². The van der Waals surface area contributed by atoms with Crippen LogP contribution in [0.1, 0.15) is 20.8 Å². The topological polar surface area (TPSA) is 79.9 Å². The maximum Gasteiger partial charge on any atom is 0.241 e. The Morgan fingerprint density at radius 3 is 2.35 bits per heavy atom. The summed E-state index contributed by atoms with van der Waals surface area (Å²) >= 11 is 12.1. The minimum Gasteiger partial charge on any atom is -0.490 e. The summed E-state index contributed by atoms with van der Waals surface area (Å²) in [6.45, 7) is 6.46. The van der Waals surface area contributed by atoms with Crippen molar-refractivity contribution in [3.63, 3.8) is 0 Å². The van der Waals surface area contributed by atoms with Gasteiger partial charge < -0.3 is 20.1 Å². The predicted octanol–water partition coefficient (Wildman–Crippen LogP) is 4.69. The largest absolute Gasteiger partial charge is 0.490 e. The fourth-order valence-electron chi connectivity index (χ4n) is 2.72. The van der Waals surface area contributed by atoms with E-state index >= 15 is 0 Å². The lowest BCUT2D eigenvalue weighted by Crippen LogP contribution is -2.43. The van der Waals surface area contributed by atoms with Gasteiger partial charge in [0.1, 0.15) is 0 Å². The molecule has 0 spiro atoms. The Morgan fingerprint density at radius 1 is 1.00 bits per heavy atom. The van der Waals surface area contributed by atoms with Crippen molar-refractivity contribution >= 4 is 46.4 Å². The standard InChI is InChI=1S/C22H27Cl2N3O4/c1-5-30-19-10-8-16(12-20(19)31-6-2)25-21(28)13-27(4)14(3)22(29)26-18-11-15(23)7-9-17(18)24/h7-12,14H,5-6,13H2,1-4H3,(H,25,28)(H,26,29)/t14-/m0/s1. The van der Waals surface area contributed by atoms with E-state index in [-0.39, 0.29) is 18.4 Å². The molecule has 2 amide bonds. The van der Waals surface area contributed by atoms with Crippen molar-refractivity contribution in [3.05, 3.63) is 46.4 Å². The molecule has 0 aromatic heterocycles. The van der Waals surface area contributed by atoms with E-state index in [0.717, 1.165) is 0 Å². The number of ether oxygens (including phenoxy) is 2. The third kappa shape index (κ3) is 7.31. The number of carbonyl (C=O) groups excluding carboxylic acids is 2. The van der Waals surface area contributed by atoms with Gasteiger partial charge in [0.2, 0.25) is 11.8 Å². The van der Waals surface area contributed by atoms with E-state index in [4.69, 9.17) is 32.7 Å². The van der Waals surface area contributed by atoms with Crippen LogP contribution in [-0.4, -0.2) is 49.6 Å². The quantitative estimate of drug-likeness (QED) is 0.529. The van der Waals surface area contributed by atoms with Crippen molar-refractivity contribution < 1.29 is 19.1 Å². The Labute approximate surface area is 192 Å². The van der Waals surface area contributed by atoms with Gasteiger partial charge in [-0.05, 0) is 58.2 Å². The number of rotatable bonds is 10. The van der Waals surface area contributed by atoms with Crippen molar-refractivity contribution in [1.29, 1.82) is 0 Å². The highest BCUT2D eigenvalue weighted by Crippen LogP contribution is 2.30. The molecule has 0 aliphatic carbocycles. The molecule has 9 heteroatoms. The fourth-order valence-corrected chi connectivity index (χ4v) is 3.06. The molecule has 0 aliphatic heterocycles. The van der Waals surface area contributed by atoms with Gasteiger partial charge in [0, 0.05) is 16.8 Å². The second-order valence-corrected chi connectivity index (χ2v) is 7.62. The van der Waals surface area contributed by atoms with Crippen LogP contribution in [0.25, 0.3) is 0 Å². The van der Waals surface area contributed by atoms with Crippen LogP contribution in [0.4, 0.5) is 11.4 Å². The third-order valence-corrected chi connectivity index (χ3v) is 5.01. The number of anilines is 2. The smallest absolute Gasteiger partial charge is 0.241 e. The summed E-state index contributed by atoms with van der Waals surface area (Å²) in [5.41, 5.74) is 0.995. The average molecular weight is 468 g/mol. The van der Waals surface area contributed by atoms with Crippen molar-refractivity contribution in [3.8, 4) is 11.5 Å². The lowest BCUT2D eigenvalue weighted by atomic mass is 10.2. The minimum atomic E-state index is -0.583. The van der Waals surface area contributed by atoms with Crippen LogP contribution < -0.4 is 20.1 Å². The minimum absolute atomic E-state index is 0.00897. The molecule has 0 fully saturated rings. The highest BCUT2D eigenvalue weighted by atomic mass is 35.5. The summed E-state index contributed by atoms with van der Waals surface area (Å²) in [7, 11) is 1.69. The molecule has 0 radical (unpaired) electrons. The van der Waals surface area contributed by atoms with Gasteiger partial charge in [0.15, 0.2) is 11.5 Å². The molecular formula is C22H27Cl2N3O4. The number of hydrogen-bond acceptors (Lipinski definition) is 5. The Hall–Kier alpha value is -2.48. The Bertz CT molecular complexity index is 924. The SMILES string of the molecule is CCOc1ccc(NC(=O)CN(C)[C@@H](C)C(=O)Nc2cc(Cl)ccc2Cl)cc1OCC. The number of hydrogen-bond donors (Lipinski definition) is 2. The van der Waals surface area contributed by atoms with E-state index in [0.29, 0.717) is 46.1 Å². The molecule has 168 valence electrons. The number of halogens is 2. The monoisotopic (exact) mass is 467 g/mol. The first-order chi connectivity index (χ1) is 14.7. The molecule has 2 N–H and O–H groups in total. The van der Waals surface area contributed by atoms with E-state index in [1.165, 1.54) is 0 Å². The molecule has 0 saturated carbocycles. The normalized spacial score (nSPS) is 11.7. The second-order valence-electron chi connectivity index (χ2n) is 6.78. The molecule has 2 aromatic rings. The van der Waals surface area contributed by atoms with Crippen molar-refractivity contribution in [2.45, 2.75) is 26.8 Å². The van der Waals surface area contributed by atoms with Crippen LogP contribution in [0.3, 0.4) is 0 Å². The van der Waals surface area contributed by atoms with Gasteiger partial charge in [-0.25, -0.2) is 0 Å². The second kappa shape index (κ2) is 11.8. The van der Waals surface area contributed by atoms with Crippen LogP contribution in [0.2, 0.25) is 10.0 Å². The van der Waals surface area contributed by atoms with E-state index in [2.05, 4.69) is 10.6 Å². The first kappa shape index (κ1) is 24.8. The summed E-state index contributed by atoms with van der Waals surface area (Å²) in [5.74, 6) is 0.597. The third-order valence-electron chi connectivity index (χ3n) is 4.45. The zero-order valence-electron chi connectivity index (χ0n) is 18.0. The highest BCUT2D eigenvalue weighted by Gasteiger charge is 2.21. The van der Waals surface area contributed by atoms with Crippen molar-refractivity contribution in [2.75, 3.05) is 37.4 Å². The summed E-state index contributed by atoms with van der Waals surface area (Å²) < 4.78 is 11.1. The first-order valence-electron chi connectivity index (χ1n) is 9.90. The molecule has 31 heavy (non-hydrogen) atoms. The van der Waals surface area contributed by atoms with Gasteiger partial charge in [-0.1, -0.05) is 23.2 Å². The Kier molecular flexibility index (Phi) is 9.43. The number of nitrogens with zero attached hydrogens (tertiary/aromatic N) is 1. The number of nitrogens with one attached hydrogen (secondary N) is 2. The molecule has 0 heterocycles. The number of amides is 2. The van der Waals surface area contributed by atoms with Crippen LogP contribution >= 0.6 is 23.2 Å². The lowest BCUT2D eigenvalue weighted by molar-refractivity contribution is -0.122. The number of carbonyl (C=O) groups is 2. The molecular weight excluding hydrogens is 441 g/mol. The fraction of sp³-hybridized carbons (Fsp3) is 0.364. The zero-order valence-corrected chi connectivity index (χ0v) is 19.5. The van der Waals surface area contributed by atoms with Gasteiger partial charge in [0.25, 0.3) is 0 Å². The molecule has 2 rings (SSSR count). The maximum atomic E-state index is 12.6. The van der Waals surface area contributed by atoms with Gasteiger partial charge in [-0.15, -0.1) is 0 Å². The molecule has 0 unspecified atom stereocenters.